The second kappa shape index (κ2) is 7.96. The molecule has 0 atom stereocenters. The number of carbonyl (C=O) groups is 1. The van der Waals surface area contributed by atoms with Crippen LogP contribution in [0, 0.1) is 13.8 Å². The number of amides is 1. The van der Waals surface area contributed by atoms with Gasteiger partial charge in [-0.15, -0.1) is 5.10 Å². The van der Waals surface area contributed by atoms with Gasteiger partial charge < -0.3 is 15.5 Å². The summed E-state index contributed by atoms with van der Waals surface area (Å²) in [6, 6.07) is 7.93. The van der Waals surface area contributed by atoms with E-state index in [-0.39, 0.29) is 5.91 Å². The first-order valence-corrected chi connectivity index (χ1v) is 8.80. The number of nitrogens with zero attached hydrogens (tertiary/aromatic N) is 3. The van der Waals surface area contributed by atoms with Gasteiger partial charge in [-0.3, -0.25) is 4.79 Å². The molecule has 0 radical (unpaired) electrons. The molecule has 1 aliphatic heterocycles. The fraction of sp³-hybridized carbons (Fsp3) is 0.421. The van der Waals surface area contributed by atoms with Gasteiger partial charge in [-0.25, -0.2) is 0 Å². The van der Waals surface area contributed by atoms with Crippen molar-refractivity contribution in [3.05, 3.63) is 47.2 Å². The van der Waals surface area contributed by atoms with Crippen molar-refractivity contribution in [1.82, 2.24) is 15.5 Å². The third-order valence-electron chi connectivity index (χ3n) is 4.47. The normalized spacial score (nSPS) is 13.8. The number of aryl methyl sites for hydroxylation is 2. The highest BCUT2D eigenvalue weighted by Gasteiger charge is 2.13. The second-order valence-electron chi connectivity index (χ2n) is 6.49. The lowest BCUT2D eigenvalue weighted by molar-refractivity contribution is 0.0954. The fourth-order valence-electron chi connectivity index (χ4n) is 3.03. The topological polar surface area (TPSA) is 70.2 Å². The lowest BCUT2D eigenvalue weighted by Crippen LogP contribution is -2.29. The van der Waals surface area contributed by atoms with Crippen molar-refractivity contribution in [3.8, 4) is 0 Å². The average molecular weight is 339 g/mol. The summed E-state index contributed by atoms with van der Waals surface area (Å²) in [5, 5.41) is 14.4. The van der Waals surface area contributed by atoms with Crippen LogP contribution < -0.4 is 15.5 Å². The first-order chi connectivity index (χ1) is 12.1. The van der Waals surface area contributed by atoms with E-state index in [0.29, 0.717) is 13.1 Å². The van der Waals surface area contributed by atoms with Gasteiger partial charge in [0.15, 0.2) is 5.82 Å². The molecule has 1 aromatic carbocycles. The molecule has 1 aromatic heterocycles. The van der Waals surface area contributed by atoms with E-state index in [0.717, 1.165) is 41.3 Å². The molecule has 3 rings (SSSR count). The van der Waals surface area contributed by atoms with Crippen LogP contribution in [0.3, 0.4) is 0 Å². The average Bonchev–Trinajstić information content (AvgIpc) is 3.15. The summed E-state index contributed by atoms with van der Waals surface area (Å²) in [6.07, 6.45) is 4.27. The lowest BCUT2D eigenvalue weighted by Gasteiger charge is -2.17. The van der Waals surface area contributed by atoms with Crippen LogP contribution in [0.4, 0.5) is 11.5 Å². The molecular weight excluding hydrogens is 314 g/mol. The van der Waals surface area contributed by atoms with E-state index < -0.39 is 0 Å². The molecule has 2 heterocycles. The standard InChI is InChI=1S/C19H25N5O/c1-14-5-6-15(2)17(11-14)19(25)21-8-7-20-18-12-16(13-22-23-18)24-9-3-4-10-24/h5-6,11-13H,3-4,7-10H2,1-2H3,(H,20,23)(H,21,25). The number of aromatic nitrogens is 2. The molecular formula is C19H25N5O. The molecule has 0 unspecified atom stereocenters. The van der Waals surface area contributed by atoms with Crippen LogP contribution in [0.25, 0.3) is 0 Å². The molecule has 0 saturated carbocycles. The summed E-state index contributed by atoms with van der Waals surface area (Å²) in [6.45, 7) is 7.24. The van der Waals surface area contributed by atoms with Gasteiger partial charge in [0.2, 0.25) is 0 Å². The van der Waals surface area contributed by atoms with Crippen LogP contribution in [-0.4, -0.2) is 42.3 Å². The zero-order chi connectivity index (χ0) is 17.6. The molecule has 6 nitrogen and oxygen atoms in total. The maximum atomic E-state index is 12.3. The SMILES string of the molecule is Cc1ccc(C)c(C(=O)NCCNc2cc(N3CCCC3)cnn2)c1. The first-order valence-electron chi connectivity index (χ1n) is 8.80. The fourth-order valence-corrected chi connectivity index (χ4v) is 3.03. The molecule has 1 amide bonds. The molecule has 0 spiro atoms. The van der Waals surface area contributed by atoms with Crippen molar-refractivity contribution in [2.24, 2.45) is 0 Å². The van der Waals surface area contributed by atoms with Gasteiger partial charge in [-0.05, 0) is 38.3 Å². The van der Waals surface area contributed by atoms with Gasteiger partial charge in [0.25, 0.3) is 5.91 Å². The van der Waals surface area contributed by atoms with Crippen LogP contribution in [-0.2, 0) is 0 Å². The summed E-state index contributed by atoms with van der Waals surface area (Å²) in [7, 11) is 0. The van der Waals surface area contributed by atoms with Crippen molar-refractivity contribution in [2.45, 2.75) is 26.7 Å². The van der Waals surface area contributed by atoms with Crippen molar-refractivity contribution >= 4 is 17.4 Å². The van der Waals surface area contributed by atoms with Crippen LogP contribution in [0.15, 0.2) is 30.5 Å². The molecule has 1 aliphatic rings. The Morgan fingerprint density at radius 2 is 1.96 bits per heavy atom. The third-order valence-corrected chi connectivity index (χ3v) is 4.47. The molecule has 0 aliphatic carbocycles. The van der Waals surface area contributed by atoms with Crippen LogP contribution >= 0.6 is 0 Å². The summed E-state index contributed by atoms with van der Waals surface area (Å²) < 4.78 is 0. The number of hydrogen-bond donors (Lipinski definition) is 2. The Hall–Kier alpha value is -2.63. The number of anilines is 2. The van der Waals surface area contributed by atoms with E-state index in [1.54, 1.807) is 6.20 Å². The Morgan fingerprint density at radius 1 is 1.16 bits per heavy atom. The minimum atomic E-state index is -0.0418. The quantitative estimate of drug-likeness (QED) is 0.792. The molecule has 1 saturated heterocycles. The minimum Gasteiger partial charge on any atom is -0.370 e. The van der Waals surface area contributed by atoms with Gasteiger partial charge in [-0.2, -0.15) is 5.10 Å². The summed E-state index contributed by atoms with van der Waals surface area (Å²) in [5.41, 5.74) is 3.91. The Balaban J connectivity index is 1.49. The van der Waals surface area contributed by atoms with Gasteiger partial charge in [0.1, 0.15) is 0 Å². The maximum Gasteiger partial charge on any atom is 0.251 e. The predicted molar refractivity (Wildman–Crippen MR) is 100 cm³/mol. The smallest absolute Gasteiger partial charge is 0.251 e. The zero-order valence-corrected chi connectivity index (χ0v) is 14.9. The highest BCUT2D eigenvalue weighted by atomic mass is 16.1. The summed E-state index contributed by atoms with van der Waals surface area (Å²) in [5.74, 6) is 0.699. The van der Waals surface area contributed by atoms with Gasteiger partial charge in [-0.1, -0.05) is 17.7 Å². The summed E-state index contributed by atoms with van der Waals surface area (Å²) >= 11 is 0. The number of hydrogen-bond acceptors (Lipinski definition) is 5. The van der Waals surface area contributed by atoms with E-state index in [1.165, 1.54) is 12.8 Å². The Morgan fingerprint density at radius 3 is 2.76 bits per heavy atom. The number of rotatable bonds is 6. The van der Waals surface area contributed by atoms with E-state index in [1.807, 2.05) is 38.1 Å². The van der Waals surface area contributed by atoms with Crippen LogP contribution in [0.2, 0.25) is 0 Å². The first kappa shape index (κ1) is 17.2. The van der Waals surface area contributed by atoms with Crippen molar-refractivity contribution in [3.63, 3.8) is 0 Å². The number of benzene rings is 1. The maximum absolute atomic E-state index is 12.3. The van der Waals surface area contributed by atoms with Crippen molar-refractivity contribution in [2.75, 3.05) is 36.4 Å². The van der Waals surface area contributed by atoms with E-state index in [2.05, 4.69) is 25.7 Å². The second-order valence-corrected chi connectivity index (χ2v) is 6.49. The Kier molecular flexibility index (Phi) is 5.48. The molecule has 0 bridgehead atoms. The molecule has 2 aromatic rings. The third kappa shape index (κ3) is 4.47. The van der Waals surface area contributed by atoms with Crippen molar-refractivity contribution < 1.29 is 4.79 Å². The van der Waals surface area contributed by atoms with Crippen LogP contribution in [0.1, 0.15) is 34.3 Å². The van der Waals surface area contributed by atoms with Gasteiger partial charge in [0, 0.05) is 37.8 Å². The number of carbonyl (C=O) groups excluding carboxylic acids is 1. The molecule has 25 heavy (non-hydrogen) atoms. The minimum absolute atomic E-state index is 0.0418. The summed E-state index contributed by atoms with van der Waals surface area (Å²) in [4.78, 5) is 14.6. The van der Waals surface area contributed by atoms with Gasteiger partial charge >= 0.3 is 0 Å². The molecule has 2 N–H and O–H groups in total. The molecule has 6 heteroatoms. The molecule has 1 fully saturated rings. The predicted octanol–water partition coefficient (Wildman–Crippen LogP) is 2.54. The Labute approximate surface area is 148 Å². The molecule has 132 valence electrons. The highest BCUT2D eigenvalue weighted by Crippen LogP contribution is 2.20. The highest BCUT2D eigenvalue weighted by molar-refractivity contribution is 5.95. The van der Waals surface area contributed by atoms with E-state index in [4.69, 9.17) is 0 Å². The van der Waals surface area contributed by atoms with Crippen LogP contribution in [0.5, 0.6) is 0 Å². The van der Waals surface area contributed by atoms with Gasteiger partial charge in [0.05, 0.1) is 11.9 Å². The van der Waals surface area contributed by atoms with E-state index in [9.17, 15) is 4.79 Å². The lowest BCUT2D eigenvalue weighted by atomic mass is 10.1. The number of nitrogens with one attached hydrogen (secondary N) is 2. The Bertz CT molecular complexity index is 740. The van der Waals surface area contributed by atoms with Crippen molar-refractivity contribution in [1.29, 1.82) is 0 Å². The van der Waals surface area contributed by atoms with E-state index >= 15 is 0 Å². The zero-order valence-electron chi connectivity index (χ0n) is 14.9. The monoisotopic (exact) mass is 339 g/mol. The largest absolute Gasteiger partial charge is 0.370 e.